The lowest BCUT2D eigenvalue weighted by molar-refractivity contribution is -0.140. The van der Waals surface area contributed by atoms with Crippen LogP contribution in [0.5, 0.6) is 0 Å². The Bertz CT molecular complexity index is 678. The van der Waals surface area contributed by atoms with Gasteiger partial charge in [-0.1, -0.05) is 24.3 Å². The normalized spacial score (nSPS) is 15.0. The van der Waals surface area contributed by atoms with E-state index in [2.05, 4.69) is 6.07 Å². The Hall–Kier alpha value is -2.56. The molecule has 5 heteroatoms. The summed E-state index contributed by atoms with van der Waals surface area (Å²) >= 11 is 0. The number of rotatable bonds is 3. The number of ether oxygens (including phenoxy) is 1. The Morgan fingerprint density at radius 3 is 2.73 bits per heavy atom. The van der Waals surface area contributed by atoms with Crippen molar-refractivity contribution in [2.45, 2.75) is 26.0 Å². The number of carbonyl (C=O) groups is 2. The quantitative estimate of drug-likeness (QED) is 0.817. The Morgan fingerprint density at radius 2 is 2.00 bits per heavy atom. The van der Waals surface area contributed by atoms with Crippen molar-refractivity contribution in [3.8, 4) is 0 Å². The highest BCUT2D eigenvalue weighted by atomic mass is 16.5. The van der Waals surface area contributed by atoms with Crippen LogP contribution in [0.4, 0.5) is 0 Å². The summed E-state index contributed by atoms with van der Waals surface area (Å²) in [5.41, 5.74) is 2.73. The number of furan rings is 1. The zero-order valence-corrected chi connectivity index (χ0v) is 12.3. The third kappa shape index (κ3) is 2.88. The molecule has 0 radical (unpaired) electrons. The van der Waals surface area contributed by atoms with E-state index in [0.29, 0.717) is 18.7 Å². The first-order valence-corrected chi connectivity index (χ1v) is 7.24. The predicted octanol–water partition coefficient (Wildman–Crippen LogP) is 2.41. The van der Waals surface area contributed by atoms with Gasteiger partial charge in [0.05, 0.1) is 11.8 Å². The van der Waals surface area contributed by atoms with Gasteiger partial charge in [0, 0.05) is 13.1 Å². The largest absolute Gasteiger partial charge is 0.472 e. The molecule has 1 aliphatic rings. The second kappa shape index (κ2) is 6.05. The van der Waals surface area contributed by atoms with Gasteiger partial charge in [-0.3, -0.25) is 4.79 Å². The second-order valence-electron chi connectivity index (χ2n) is 5.34. The van der Waals surface area contributed by atoms with Crippen LogP contribution in [-0.4, -0.2) is 29.4 Å². The molecule has 2 heterocycles. The summed E-state index contributed by atoms with van der Waals surface area (Å²) in [7, 11) is 0. The fourth-order valence-corrected chi connectivity index (χ4v) is 2.60. The summed E-state index contributed by atoms with van der Waals surface area (Å²) in [5.74, 6) is -0.724. The van der Waals surface area contributed by atoms with E-state index < -0.39 is 12.1 Å². The van der Waals surface area contributed by atoms with Gasteiger partial charge in [-0.15, -0.1) is 0 Å². The highest BCUT2D eigenvalue weighted by Crippen LogP contribution is 2.19. The number of hydrogen-bond donors (Lipinski definition) is 0. The zero-order valence-electron chi connectivity index (χ0n) is 12.3. The van der Waals surface area contributed by atoms with Gasteiger partial charge in [0.1, 0.15) is 6.26 Å². The lowest BCUT2D eigenvalue weighted by Gasteiger charge is -2.30. The van der Waals surface area contributed by atoms with Crippen LogP contribution < -0.4 is 0 Å². The summed E-state index contributed by atoms with van der Waals surface area (Å²) in [5, 5.41) is 0. The molecule has 1 amide bonds. The van der Waals surface area contributed by atoms with E-state index in [1.165, 1.54) is 24.2 Å². The minimum Gasteiger partial charge on any atom is -0.472 e. The fourth-order valence-electron chi connectivity index (χ4n) is 2.60. The fraction of sp³-hybridized carbons (Fsp3) is 0.294. The maximum Gasteiger partial charge on any atom is 0.342 e. The van der Waals surface area contributed by atoms with Crippen molar-refractivity contribution in [1.29, 1.82) is 0 Å². The van der Waals surface area contributed by atoms with Gasteiger partial charge in [0.2, 0.25) is 0 Å². The van der Waals surface area contributed by atoms with E-state index in [4.69, 9.17) is 9.15 Å². The summed E-state index contributed by atoms with van der Waals surface area (Å²) in [6.07, 6.45) is 2.71. The molecule has 0 aliphatic carbocycles. The molecule has 5 nitrogen and oxygen atoms in total. The van der Waals surface area contributed by atoms with Gasteiger partial charge in [-0.2, -0.15) is 0 Å². The monoisotopic (exact) mass is 299 g/mol. The average molecular weight is 299 g/mol. The van der Waals surface area contributed by atoms with Crippen LogP contribution in [-0.2, 0) is 22.5 Å². The van der Waals surface area contributed by atoms with Crippen molar-refractivity contribution in [3.63, 3.8) is 0 Å². The van der Waals surface area contributed by atoms with E-state index in [1.807, 2.05) is 18.2 Å². The van der Waals surface area contributed by atoms with Crippen LogP contribution in [0.2, 0.25) is 0 Å². The number of nitrogens with zero attached hydrogens (tertiary/aromatic N) is 1. The lowest BCUT2D eigenvalue weighted by atomic mass is 9.99. The molecule has 114 valence electrons. The van der Waals surface area contributed by atoms with Crippen molar-refractivity contribution in [3.05, 3.63) is 59.5 Å². The first-order valence-electron chi connectivity index (χ1n) is 7.24. The summed E-state index contributed by atoms with van der Waals surface area (Å²) < 4.78 is 10.0. The van der Waals surface area contributed by atoms with Crippen LogP contribution in [0.25, 0.3) is 0 Å². The third-order valence-corrected chi connectivity index (χ3v) is 3.83. The van der Waals surface area contributed by atoms with Gasteiger partial charge in [0.15, 0.2) is 6.10 Å². The molecular formula is C17H17NO4. The maximum atomic E-state index is 12.4. The van der Waals surface area contributed by atoms with Crippen LogP contribution in [0.15, 0.2) is 47.3 Å². The summed E-state index contributed by atoms with van der Waals surface area (Å²) in [6.45, 7) is 2.80. The molecule has 1 aliphatic heterocycles. The lowest BCUT2D eigenvalue weighted by Crippen LogP contribution is -2.42. The molecular weight excluding hydrogens is 282 g/mol. The van der Waals surface area contributed by atoms with E-state index >= 15 is 0 Å². The van der Waals surface area contributed by atoms with Crippen LogP contribution in [0, 0.1) is 0 Å². The van der Waals surface area contributed by atoms with Gasteiger partial charge < -0.3 is 14.1 Å². The summed E-state index contributed by atoms with van der Waals surface area (Å²) in [4.78, 5) is 26.0. The molecule has 1 atom stereocenters. The van der Waals surface area contributed by atoms with Crippen molar-refractivity contribution in [2.75, 3.05) is 6.54 Å². The molecule has 0 saturated carbocycles. The SMILES string of the molecule is C[C@@H](OC(=O)c1ccoc1)C(=O)N1CCc2ccccc2C1. The van der Waals surface area contributed by atoms with Crippen LogP contribution in [0.3, 0.4) is 0 Å². The Labute approximate surface area is 128 Å². The number of benzene rings is 1. The highest BCUT2D eigenvalue weighted by Gasteiger charge is 2.27. The standard InChI is InChI=1S/C17H17NO4/c1-12(22-17(20)15-7-9-21-11-15)16(19)18-8-6-13-4-2-3-5-14(13)10-18/h2-5,7,9,11-12H,6,8,10H2,1H3/t12-/m1/s1. The molecule has 0 N–H and O–H groups in total. The first kappa shape index (κ1) is 14.4. The molecule has 0 spiro atoms. The molecule has 0 fully saturated rings. The topological polar surface area (TPSA) is 59.8 Å². The number of hydrogen-bond acceptors (Lipinski definition) is 4. The van der Waals surface area contributed by atoms with E-state index in [0.717, 1.165) is 12.0 Å². The molecule has 1 aromatic heterocycles. The summed E-state index contributed by atoms with van der Waals surface area (Å²) in [6, 6.07) is 9.59. The van der Waals surface area contributed by atoms with Crippen molar-refractivity contribution in [2.24, 2.45) is 0 Å². The number of esters is 1. The molecule has 3 rings (SSSR count). The Balaban J connectivity index is 1.63. The average Bonchev–Trinajstić information content (AvgIpc) is 3.08. The third-order valence-electron chi connectivity index (χ3n) is 3.83. The van der Waals surface area contributed by atoms with Gasteiger partial charge in [-0.25, -0.2) is 4.79 Å². The number of carbonyl (C=O) groups excluding carboxylic acids is 2. The Morgan fingerprint density at radius 1 is 1.23 bits per heavy atom. The second-order valence-corrected chi connectivity index (χ2v) is 5.34. The van der Waals surface area contributed by atoms with E-state index in [1.54, 1.807) is 11.8 Å². The molecule has 2 aromatic rings. The molecule has 0 saturated heterocycles. The molecule has 0 unspecified atom stereocenters. The van der Waals surface area contributed by atoms with Crippen LogP contribution >= 0.6 is 0 Å². The van der Waals surface area contributed by atoms with E-state index in [-0.39, 0.29) is 5.91 Å². The smallest absolute Gasteiger partial charge is 0.342 e. The minimum atomic E-state index is -0.812. The van der Waals surface area contributed by atoms with Gasteiger partial charge in [-0.05, 0) is 30.5 Å². The zero-order chi connectivity index (χ0) is 15.5. The van der Waals surface area contributed by atoms with Crippen LogP contribution in [0.1, 0.15) is 28.4 Å². The molecule has 22 heavy (non-hydrogen) atoms. The Kier molecular flexibility index (Phi) is 3.96. The van der Waals surface area contributed by atoms with Gasteiger partial charge >= 0.3 is 5.97 Å². The predicted molar refractivity (Wildman–Crippen MR) is 79.1 cm³/mol. The van der Waals surface area contributed by atoms with Crippen molar-refractivity contribution in [1.82, 2.24) is 4.90 Å². The number of amides is 1. The minimum absolute atomic E-state index is 0.175. The van der Waals surface area contributed by atoms with Gasteiger partial charge in [0.25, 0.3) is 5.91 Å². The molecule has 0 bridgehead atoms. The van der Waals surface area contributed by atoms with E-state index in [9.17, 15) is 9.59 Å². The highest BCUT2D eigenvalue weighted by molar-refractivity contribution is 5.91. The number of fused-ring (bicyclic) bond motifs is 1. The molecule has 1 aromatic carbocycles. The van der Waals surface area contributed by atoms with Crippen molar-refractivity contribution < 1.29 is 18.7 Å². The first-order chi connectivity index (χ1) is 10.6. The van der Waals surface area contributed by atoms with Crippen molar-refractivity contribution >= 4 is 11.9 Å². The maximum absolute atomic E-state index is 12.4.